The van der Waals surface area contributed by atoms with Gasteiger partial charge in [-0.1, -0.05) is 29.3 Å². The third-order valence-corrected chi connectivity index (χ3v) is 3.24. The van der Waals surface area contributed by atoms with Crippen LogP contribution in [0.2, 0.25) is 0 Å². The molecule has 0 aliphatic carbocycles. The highest BCUT2D eigenvalue weighted by Crippen LogP contribution is 2.09. The highest BCUT2D eigenvalue weighted by molar-refractivity contribution is 9.09. The highest BCUT2D eigenvalue weighted by atomic mass is 79.9. The molecule has 3 nitrogen and oxygen atoms in total. The average Bonchev–Trinajstić information content (AvgIpc) is 2.34. The molecule has 1 aromatic heterocycles. The number of pyridine rings is 1. The van der Waals surface area contributed by atoms with Gasteiger partial charge in [-0.05, 0) is 30.9 Å². The van der Waals surface area contributed by atoms with Crippen molar-refractivity contribution in [2.24, 2.45) is 5.92 Å². The number of carbonyl (C=O) groups excluding carboxylic acids is 1. The van der Waals surface area contributed by atoms with E-state index in [1.807, 2.05) is 13.0 Å². The van der Waals surface area contributed by atoms with Crippen molar-refractivity contribution in [1.82, 2.24) is 10.3 Å². The monoisotopic (exact) mass is 298 g/mol. The number of halogens is 1. The van der Waals surface area contributed by atoms with Crippen molar-refractivity contribution in [1.29, 1.82) is 0 Å². The van der Waals surface area contributed by atoms with Crippen LogP contribution < -0.4 is 5.32 Å². The summed E-state index contributed by atoms with van der Waals surface area (Å²) in [6, 6.07) is 1.85. The van der Waals surface area contributed by atoms with Crippen LogP contribution in [0.3, 0.4) is 0 Å². The van der Waals surface area contributed by atoms with Crippen molar-refractivity contribution in [2.75, 3.05) is 11.9 Å². The van der Waals surface area contributed by atoms with Gasteiger partial charge in [-0.25, -0.2) is 0 Å². The number of alkyl halides is 1. The quantitative estimate of drug-likeness (QED) is 0.821. The summed E-state index contributed by atoms with van der Waals surface area (Å²) in [5.74, 6) is 0.505. The Kier molecular flexibility index (Phi) is 6.19. The maximum atomic E-state index is 11.9. The van der Waals surface area contributed by atoms with Gasteiger partial charge in [-0.15, -0.1) is 0 Å². The molecule has 0 aromatic carbocycles. The van der Waals surface area contributed by atoms with E-state index in [4.69, 9.17) is 0 Å². The zero-order valence-corrected chi connectivity index (χ0v) is 12.0. The van der Waals surface area contributed by atoms with E-state index in [1.54, 1.807) is 12.4 Å². The number of hydrogen-bond acceptors (Lipinski definition) is 2. The van der Waals surface area contributed by atoms with E-state index in [1.165, 1.54) is 0 Å². The summed E-state index contributed by atoms with van der Waals surface area (Å²) in [5.41, 5.74) is 1.64. The summed E-state index contributed by atoms with van der Waals surface area (Å²) >= 11 is 3.43. The molecule has 1 N–H and O–H groups in total. The first-order valence-corrected chi connectivity index (χ1v) is 7.05. The Bertz CT molecular complexity index is 368. The standard InChI is InChI=1S/C13H19BrN2O/c1-3-11(4-5-14)8-16-13(17)12-6-10(2)7-15-9-12/h6-7,9,11H,3-5,8H2,1-2H3,(H,16,17). The molecule has 0 bridgehead atoms. The fourth-order valence-electron chi connectivity index (χ4n) is 1.62. The van der Waals surface area contributed by atoms with Gasteiger partial charge in [0.1, 0.15) is 0 Å². The Morgan fingerprint density at radius 2 is 2.29 bits per heavy atom. The van der Waals surface area contributed by atoms with Crippen molar-refractivity contribution in [3.63, 3.8) is 0 Å². The molecular weight excluding hydrogens is 280 g/mol. The largest absolute Gasteiger partial charge is 0.352 e. The molecule has 1 unspecified atom stereocenters. The van der Waals surface area contributed by atoms with Gasteiger partial charge in [0, 0.05) is 24.3 Å². The lowest BCUT2D eigenvalue weighted by molar-refractivity contribution is 0.0946. The number of nitrogens with zero attached hydrogens (tertiary/aromatic N) is 1. The van der Waals surface area contributed by atoms with Gasteiger partial charge in [-0.3, -0.25) is 9.78 Å². The van der Waals surface area contributed by atoms with Gasteiger partial charge in [0.2, 0.25) is 0 Å². The molecule has 0 fully saturated rings. The molecule has 1 amide bonds. The van der Waals surface area contributed by atoms with Crippen LogP contribution in [-0.4, -0.2) is 22.8 Å². The van der Waals surface area contributed by atoms with Crippen LogP contribution in [0.4, 0.5) is 0 Å². The van der Waals surface area contributed by atoms with E-state index in [0.29, 0.717) is 11.5 Å². The SMILES string of the molecule is CCC(CCBr)CNC(=O)c1cncc(C)c1. The summed E-state index contributed by atoms with van der Waals surface area (Å²) in [5, 5.41) is 3.94. The normalized spacial score (nSPS) is 12.2. The Hall–Kier alpha value is -0.900. The predicted octanol–water partition coefficient (Wildman–Crippen LogP) is 2.93. The minimum atomic E-state index is -0.0331. The van der Waals surface area contributed by atoms with E-state index >= 15 is 0 Å². The van der Waals surface area contributed by atoms with Gasteiger partial charge >= 0.3 is 0 Å². The van der Waals surface area contributed by atoms with E-state index in [9.17, 15) is 4.79 Å². The maximum absolute atomic E-state index is 11.9. The molecule has 0 saturated carbocycles. The molecule has 0 aliphatic heterocycles. The number of amides is 1. The summed E-state index contributed by atoms with van der Waals surface area (Å²) in [7, 11) is 0. The Morgan fingerprint density at radius 1 is 1.53 bits per heavy atom. The average molecular weight is 299 g/mol. The molecule has 0 aliphatic rings. The number of nitrogens with one attached hydrogen (secondary N) is 1. The molecular formula is C13H19BrN2O. The van der Waals surface area contributed by atoms with Gasteiger partial charge < -0.3 is 5.32 Å². The molecule has 1 atom stereocenters. The van der Waals surface area contributed by atoms with Gasteiger partial charge in [-0.2, -0.15) is 0 Å². The second kappa shape index (κ2) is 7.43. The zero-order valence-electron chi connectivity index (χ0n) is 10.4. The Labute approximate surface area is 111 Å². The molecule has 0 radical (unpaired) electrons. The summed E-state index contributed by atoms with van der Waals surface area (Å²) in [6.07, 6.45) is 5.52. The molecule has 1 aromatic rings. The Morgan fingerprint density at radius 3 is 2.88 bits per heavy atom. The molecule has 1 rings (SSSR count). The lowest BCUT2D eigenvalue weighted by Crippen LogP contribution is -2.29. The third kappa shape index (κ3) is 4.86. The summed E-state index contributed by atoms with van der Waals surface area (Å²) in [6.45, 7) is 4.81. The topological polar surface area (TPSA) is 42.0 Å². The number of rotatable bonds is 6. The lowest BCUT2D eigenvalue weighted by atomic mass is 10.0. The van der Waals surface area contributed by atoms with E-state index in [0.717, 1.165) is 30.3 Å². The lowest BCUT2D eigenvalue weighted by Gasteiger charge is -2.14. The van der Waals surface area contributed by atoms with Crippen molar-refractivity contribution in [2.45, 2.75) is 26.7 Å². The molecule has 17 heavy (non-hydrogen) atoms. The van der Waals surface area contributed by atoms with Crippen LogP contribution in [0.1, 0.15) is 35.7 Å². The summed E-state index contributed by atoms with van der Waals surface area (Å²) < 4.78 is 0. The highest BCUT2D eigenvalue weighted by Gasteiger charge is 2.09. The molecule has 4 heteroatoms. The van der Waals surface area contributed by atoms with Gasteiger partial charge in [0.15, 0.2) is 0 Å². The second-order valence-corrected chi connectivity index (χ2v) is 5.01. The molecule has 94 valence electrons. The van der Waals surface area contributed by atoms with Crippen LogP contribution >= 0.6 is 15.9 Å². The van der Waals surface area contributed by atoms with Crippen molar-refractivity contribution < 1.29 is 4.79 Å². The van der Waals surface area contributed by atoms with E-state index in [2.05, 4.69) is 33.2 Å². The van der Waals surface area contributed by atoms with E-state index < -0.39 is 0 Å². The van der Waals surface area contributed by atoms with Crippen LogP contribution in [0.15, 0.2) is 18.5 Å². The first kappa shape index (κ1) is 14.2. The van der Waals surface area contributed by atoms with Crippen LogP contribution in [0.5, 0.6) is 0 Å². The third-order valence-electron chi connectivity index (χ3n) is 2.78. The zero-order chi connectivity index (χ0) is 12.7. The van der Waals surface area contributed by atoms with Crippen LogP contribution in [0, 0.1) is 12.8 Å². The first-order valence-electron chi connectivity index (χ1n) is 5.93. The minimum absolute atomic E-state index is 0.0331. The van der Waals surface area contributed by atoms with Crippen molar-refractivity contribution in [3.05, 3.63) is 29.6 Å². The molecule has 1 heterocycles. The molecule has 0 spiro atoms. The number of carbonyl (C=O) groups is 1. The number of aryl methyl sites for hydroxylation is 1. The summed E-state index contributed by atoms with van der Waals surface area (Å²) in [4.78, 5) is 15.9. The van der Waals surface area contributed by atoms with Crippen LogP contribution in [0.25, 0.3) is 0 Å². The number of aromatic nitrogens is 1. The van der Waals surface area contributed by atoms with Crippen LogP contribution in [-0.2, 0) is 0 Å². The minimum Gasteiger partial charge on any atom is -0.352 e. The fourth-order valence-corrected chi connectivity index (χ4v) is 2.27. The predicted molar refractivity (Wildman–Crippen MR) is 73.5 cm³/mol. The fraction of sp³-hybridized carbons (Fsp3) is 0.538. The van der Waals surface area contributed by atoms with Crippen molar-refractivity contribution in [3.8, 4) is 0 Å². The smallest absolute Gasteiger partial charge is 0.252 e. The van der Waals surface area contributed by atoms with Gasteiger partial charge in [0.25, 0.3) is 5.91 Å². The molecule has 0 saturated heterocycles. The van der Waals surface area contributed by atoms with E-state index in [-0.39, 0.29) is 5.91 Å². The second-order valence-electron chi connectivity index (χ2n) is 4.21. The van der Waals surface area contributed by atoms with Crippen molar-refractivity contribution >= 4 is 21.8 Å². The number of hydrogen-bond donors (Lipinski definition) is 1. The van der Waals surface area contributed by atoms with Gasteiger partial charge in [0.05, 0.1) is 5.56 Å². The maximum Gasteiger partial charge on any atom is 0.252 e. The Balaban J connectivity index is 2.49. The first-order chi connectivity index (χ1) is 8.17.